The van der Waals surface area contributed by atoms with E-state index in [1.807, 2.05) is 6.92 Å². The molecule has 7 nitrogen and oxygen atoms in total. The van der Waals surface area contributed by atoms with E-state index in [0.29, 0.717) is 36.0 Å². The number of furan rings is 1. The number of hydrogen-bond acceptors (Lipinski definition) is 6. The van der Waals surface area contributed by atoms with Crippen molar-refractivity contribution in [3.05, 3.63) is 89.1 Å². The first-order valence-corrected chi connectivity index (χ1v) is 11.9. The van der Waals surface area contributed by atoms with Gasteiger partial charge in [-0.25, -0.2) is 4.39 Å². The standard InChI is InChI=1S/C28H28FNO6/c1-3-5-14-36-22-13-10-19(16-23(22)34-4-2)25-24(26(31)18-8-11-20(29)12-9-18)27(32)28(33)30(25)17-21-7-6-15-35-21/h6-13,15-16,25,31H,3-5,14,17H2,1-2H3. The summed E-state index contributed by atoms with van der Waals surface area (Å²) < 4.78 is 30.6. The van der Waals surface area contributed by atoms with Crippen LogP contribution in [0.1, 0.15) is 49.6 Å². The molecule has 0 saturated carbocycles. The molecule has 1 N–H and O–H groups in total. The van der Waals surface area contributed by atoms with Crippen LogP contribution in [0.2, 0.25) is 0 Å². The molecule has 36 heavy (non-hydrogen) atoms. The lowest BCUT2D eigenvalue weighted by molar-refractivity contribution is -0.140. The molecule has 1 amide bonds. The number of likely N-dealkylation sites (tertiary alicyclic amines) is 1. The van der Waals surface area contributed by atoms with Crippen LogP contribution in [0.3, 0.4) is 0 Å². The molecular weight excluding hydrogens is 465 g/mol. The topological polar surface area (TPSA) is 89.2 Å². The number of amides is 1. The van der Waals surface area contributed by atoms with Crippen molar-refractivity contribution >= 4 is 17.4 Å². The quantitative estimate of drug-likeness (QED) is 0.171. The van der Waals surface area contributed by atoms with Crippen molar-refractivity contribution < 1.29 is 33.0 Å². The number of aliphatic hydroxyl groups excluding tert-OH is 1. The molecular formula is C28H28FNO6. The summed E-state index contributed by atoms with van der Waals surface area (Å²) in [5.41, 5.74) is 0.679. The van der Waals surface area contributed by atoms with E-state index in [9.17, 15) is 19.1 Å². The van der Waals surface area contributed by atoms with Gasteiger partial charge >= 0.3 is 0 Å². The summed E-state index contributed by atoms with van der Waals surface area (Å²) in [5.74, 6) is -0.987. The van der Waals surface area contributed by atoms with Crippen LogP contribution in [-0.2, 0) is 16.1 Å². The smallest absolute Gasteiger partial charge is 0.296 e. The summed E-state index contributed by atoms with van der Waals surface area (Å²) in [6, 6.07) is 12.7. The number of ether oxygens (including phenoxy) is 2. The lowest BCUT2D eigenvalue weighted by Crippen LogP contribution is -2.29. The van der Waals surface area contributed by atoms with Gasteiger partial charge in [0.25, 0.3) is 11.7 Å². The van der Waals surface area contributed by atoms with Crippen molar-refractivity contribution in [1.29, 1.82) is 0 Å². The van der Waals surface area contributed by atoms with Crippen LogP contribution < -0.4 is 9.47 Å². The third-order valence-corrected chi connectivity index (χ3v) is 5.90. The van der Waals surface area contributed by atoms with Crippen molar-refractivity contribution in [3.8, 4) is 11.5 Å². The minimum absolute atomic E-state index is 0.0150. The third kappa shape index (κ3) is 5.12. The molecule has 1 aliphatic rings. The Labute approximate surface area is 208 Å². The molecule has 1 aromatic heterocycles. The normalized spacial score (nSPS) is 17.0. The van der Waals surface area contributed by atoms with Crippen molar-refractivity contribution in [2.45, 2.75) is 39.3 Å². The molecule has 2 heterocycles. The summed E-state index contributed by atoms with van der Waals surface area (Å²) in [6.07, 6.45) is 3.34. The Morgan fingerprint density at radius 3 is 2.50 bits per heavy atom. The number of rotatable bonds is 10. The number of benzene rings is 2. The van der Waals surface area contributed by atoms with E-state index in [1.165, 1.54) is 35.4 Å². The number of ketones is 1. The monoisotopic (exact) mass is 493 g/mol. The van der Waals surface area contributed by atoms with Crippen LogP contribution in [0, 0.1) is 5.82 Å². The highest BCUT2D eigenvalue weighted by Gasteiger charge is 2.46. The first kappa shape index (κ1) is 25.0. The fourth-order valence-corrected chi connectivity index (χ4v) is 4.13. The number of Topliss-reactive ketones (excluding diaryl/α,β-unsaturated/α-hetero) is 1. The average molecular weight is 494 g/mol. The zero-order valence-electron chi connectivity index (χ0n) is 20.2. The maximum Gasteiger partial charge on any atom is 0.296 e. The van der Waals surface area contributed by atoms with Gasteiger partial charge in [0.05, 0.1) is 37.6 Å². The summed E-state index contributed by atoms with van der Waals surface area (Å²) in [6.45, 7) is 4.84. The highest BCUT2D eigenvalue weighted by Crippen LogP contribution is 2.42. The van der Waals surface area contributed by atoms with E-state index in [0.717, 1.165) is 12.8 Å². The predicted molar refractivity (Wildman–Crippen MR) is 131 cm³/mol. The van der Waals surface area contributed by atoms with Crippen molar-refractivity contribution in [2.75, 3.05) is 13.2 Å². The molecule has 0 radical (unpaired) electrons. The van der Waals surface area contributed by atoms with E-state index >= 15 is 0 Å². The van der Waals surface area contributed by atoms with Crippen LogP contribution in [-0.4, -0.2) is 34.9 Å². The molecule has 4 rings (SSSR count). The molecule has 1 aliphatic heterocycles. The Hall–Kier alpha value is -4.07. The van der Waals surface area contributed by atoms with Gasteiger partial charge in [0.2, 0.25) is 0 Å². The van der Waals surface area contributed by atoms with Gasteiger partial charge in [-0.2, -0.15) is 0 Å². The zero-order chi connectivity index (χ0) is 25.7. The Morgan fingerprint density at radius 1 is 1.06 bits per heavy atom. The molecule has 1 unspecified atom stereocenters. The van der Waals surface area contributed by atoms with Crippen molar-refractivity contribution in [2.24, 2.45) is 0 Å². The van der Waals surface area contributed by atoms with Crippen molar-refractivity contribution in [1.82, 2.24) is 4.90 Å². The fraction of sp³-hybridized carbons (Fsp3) is 0.286. The number of carbonyl (C=O) groups is 2. The maximum absolute atomic E-state index is 13.5. The fourth-order valence-electron chi connectivity index (χ4n) is 4.13. The number of nitrogens with zero attached hydrogens (tertiary/aromatic N) is 1. The average Bonchev–Trinajstić information content (AvgIpc) is 3.48. The van der Waals surface area contributed by atoms with Gasteiger partial charge < -0.3 is 23.9 Å². The van der Waals surface area contributed by atoms with Gasteiger partial charge in [-0.1, -0.05) is 19.4 Å². The van der Waals surface area contributed by atoms with Crippen LogP contribution in [0.5, 0.6) is 11.5 Å². The predicted octanol–water partition coefficient (Wildman–Crippen LogP) is 5.62. The van der Waals surface area contributed by atoms with E-state index in [2.05, 4.69) is 6.92 Å². The van der Waals surface area contributed by atoms with Gasteiger partial charge in [-0.3, -0.25) is 9.59 Å². The lowest BCUT2D eigenvalue weighted by Gasteiger charge is -2.25. The molecule has 0 spiro atoms. The third-order valence-electron chi connectivity index (χ3n) is 5.90. The molecule has 8 heteroatoms. The Bertz CT molecular complexity index is 1250. The first-order valence-electron chi connectivity index (χ1n) is 11.9. The number of unbranched alkanes of at least 4 members (excludes halogenated alkanes) is 1. The van der Waals surface area contributed by atoms with Gasteiger partial charge in [0.1, 0.15) is 17.3 Å². The molecule has 3 aromatic rings. The van der Waals surface area contributed by atoms with Crippen LogP contribution in [0.15, 0.2) is 70.9 Å². The number of carbonyl (C=O) groups excluding carboxylic acids is 2. The second kappa shape index (κ2) is 11.1. The van der Waals surface area contributed by atoms with Gasteiger partial charge in [-0.05, 0) is 67.4 Å². The summed E-state index contributed by atoms with van der Waals surface area (Å²) in [7, 11) is 0. The molecule has 0 bridgehead atoms. The zero-order valence-corrected chi connectivity index (χ0v) is 20.2. The first-order chi connectivity index (χ1) is 17.4. The Morgan fingerprint density at radius 2 is 1.83 bits per heavy atom. The second-order valence-corrected chi connectivity index (χ2v) is 8.35. The Kier molecular flexibility index (Phi) is 7.73. The Balaban J connectivity index is 1.83. The maximum atomic E-state index is 13.5. The summed E-state index contributed by atoms with van der Waals surface area (Å²) >= 11 is 0. The minimum Gasteiger partial charge on any atom is -0.507 e. The lowest BCUT2D eigenvalue weighted by atomic mass is 9.95. The minimum atomic E-state index is -0.927. The number of aliphatic hydroxyl groups is 1. The van der Waals surface area contributed by atoms with E-state index < -0.39 is 23.5 Å². The SMILES string of the molecule is CCCCOc1ccc(C2C(=C(O)c3ccc(F)cc3)C(=O)C(=O)N2Cc2ccco2)cc1OCC. The van der Waals surface area contributed by atoms with Crippen LogP contribution in [0.4, 0.5) is 4.39 Å². The van der Waals surface area contributed by atoms with E-state index in [1.54, 1.807) is 30.3 Å². The molecule has 0 aliphatic carbocycles. The van der Waals surface area contributed by atoms with Crippen LogP contribution >= 0.6 is 0 Å². The highest BCUT2D eigenvalue weighted by molar-refractivity contribution is 6.46. The van der Waals surface area contributed by atoms with Gasteiger partial charge in [0, 0.05) is 5.56 Å². The van der Waals surface area contributed by atoms with Crippen molar-refractivity contribution in [3.63, 3.8) is 0 Å². The van der Waals surface area contributed by atoms with E-state index in [-0.39, 0.29) is 23.4 Å². The second-order valence-electron chi connectivity index (χ2n) is 8.35. The summed E-state index contributed by atoms with van der Waals surface area (Å²) in [5, 5.41) is 11.1. The molecule has 1 atom stereocenters. The summed E-state index contributed by atoms with van der Waals surface area (Å²) in [4.78, 5) is 27.7. The molecule has 1 saturated heterocycles. The van der Waals surface area contributed by atoms with Gasteiger partial charge in [0.15, 0.2) is 11.5 Å². The van der Waals surface area contributed by atoms with E-state index in [4.69, 9.17) is 13.9 Å². The molecule has 2 aromatic carbocycles. The molecule has 1 fully saturated rings. The largest absolute Gasteiger partial charge is 0.507 e. The number of halogens is 1. The highest BCUT2D eigenvalue weighted by atomic mass is 19.1. The molecule has 188 valence electrons. The van der Waals surface area contributed by atoms with Crippen LogP contribution in [0.25, 0.3) is 5.76 Å². The number of hydrogen-bond donors (Lipinski definition) is 1. The van der Waals surface area contributed by atoms with Gasteiger partial charge in [-0.15, -0.1) is 0 Å².